The number of benzene rings is 1. The SMILES string of the molecule is O=C(O)c1ccc(-c2cccnc2)cc1O. The maximum absolute atomic E-state index is 10.7. The molecule has 2 aromatic rings. The van der Waals surface area contributed by atoms with E-state index < -0.39 is 5.97 Å². The van der Waals surface area contributed by atoms with Crippen LogP contribution in [0, 0.1) is 0 Å². The molecule has 0 radical (unpaired) electrons. The molecular formula is C12H9NO3. The number of rotatable bonds is 2. The van der Waals surface area contributed by atoms with E-state index in [0.717, 1.165) is 11.1 Å². The van der Waals surface area contributed by atoms with Crippen LogP contribution in [-0.4, -0.2) is 21.2 Å². The Kier molecular flexibility index (Phi) is 2.55. The summed E-state index contributed by atoms with van der Waals surface area (Å²) >= 11 is 0. The lowest BCUT2D eigenvalue weighted by molar-refractivity contribution is 0.0694. The second kappa shape index (κ2) is 4.02. The number of carboxylic acids is 1. The number of pyridine rings is 1. The largest absolute Gasteiger partial charge is 0.507 e. The van der Waals surface area contributed by atoms with Crippen LogP contribution in [0.15, 0.2) is 42.7 Å². The van der Waals surface area contributed by atoms with E-state index in [-0.39, 0.29) is 11.3 Å². The molecule has 1 aromatic heterocycles. The van der Waals surface area contributed by atoms with Crippen molar-refractivity contribution in [3.05, 3.63) is 48.3 Å². The van der Waals surface area contributed by atoms with Gasteiger partial charge in [-0.05, 0) is 23.8 Å². The molecule has 0 saturated heterocycles. The van der Waals surface area contributed by atoms with E-state index in [1.165, 1.54) is 12.1 Å². The molecule has 2 N–H and O–H groups in total. The molecule has 80 valence electrons. The van der Waals surface area contributed by atoms with Crippen molar-refractivity contribution in [1.82, 2.24) is 4.98 Å². The highest BCUT2D eigenvalue weighted by molar-refractivity contribution is 5.91. The highest BCUT2D eigenvalue weighted by Gasteiger charge is 2.10. The van der Waals surface area contributed by atoms with Gasteiger partial charge in [0.15, 0.2) is 0 Å². The van der Waals surface area contributed by atoms with Gasteiger partial charge in [0.1, 0.15) is 11.3 Å². The van der Waals surface area contributed by atoms with Gasteiger partial charge >= 0.3 is 5.97 Å². The van der Waals surface area contributed by atoms with E-state index in [1.807, 2.05) is 6.07 Å². The number of hydrogen-bond acceptors (Lipinski definition) is 3. The van der Waals surface area contributed by atoms with Crippen molar-refractivity contribution in [3.63, 3.8) is 0 Å². The third-order valence-electron chi connectivity index (χ3n) is 2.22. The van der Waals surface area contributed by atoms with Crippen molar-refractivity contribution in [1.29, 1.82) is 0 Å². The van der Waals surface area contributed by atoms with Gasteiger partial charge in [-0.15, -0.1) is 0 Å². The molecule has 0 saturated carbocycles. The number of hydrogen-bond donors (Lipinski definition) is 2. The van der Waals surface area contributed by atoms with Crippen molar-refractivity contribution in [3.8, 4) is 16.9 Å². The molecule has 0 bridgehead atoms. The van der Waals surface area contributed by atoms with E-state index in [9.17, 15) is 9.90 Å². The average molecular weight is 215 g/mol. The number of nitrogens with zero attached hydrogens (tertiary/aromatic N) is 1. The minimum atomic E-state index is -1.14. The Morgan fingerprint density at radius 3 is 2.56 bits per heavy atom. The van der Waals surface area contributed by atoms with Gasteiger partial charge in [0.2, 0.25) is 0 Å². The molecule has 16 heavy (non-hydrogen) atoms. The zero-order chi connectivity index (χ0) is 11.5. The van der Waals surface area contributed by atoms with Crippen molar-refractivity contribution in [2.75, 3.05) is 0 Å². The molecule has 4 nitrogen and oxygen atoms in total. The zero-order valence-electron chi connectivity index (χ0n) is 8.29. The van der Waals surface area contributed by atoms with Crippen molar-refractivity contribution in [2.24, 2.45) is 0 Å². The second-order valence-electron chi connectivity index (χ2n) is 3.28. The number of phenols is 1. The van der Waals surface area contributed by atoms with Crippen LogP contribution in [0.4, 0.5) is 0 Å². The van der Waals surface area contributed by atoms with Crippen LogP contribution in [0.2, 0.25) is 0 Å². The Hall–Kier alpha value is -2.36. The Labute approximate surface area is 91.8 Å². The maximum Gasteiger partial charge on any atom is 0.339 e. The van der Waals surface area contributed by atoms with Gasteiger partial charge < -0.3 is 10.2 Å². The monoisotopic (exact) mass is 215 g/mol. The predicted octanol–water partition coefficient (Wildman–Crippen LogP) is 2.15. The van der Waals surface area contributed by atoms with Crippen molar-refractivity contribution in [2.45, 2.75) is 0 Å². The van der Waals surface area contributed by atoms with E-state index in [2.05, 4.69) is 4.98 Å². The van der Waals surface area contributed by atoms with Crippen molar-refractivity contribution < 1.29 is 15.0 Å². The fourth-order valence-corrected chi connectivity index (χ4v) is 1.43. The fraction of sp³-hybridized carbons (Fsp3) is 0. The van der Waals surface area contributed by atoms with Crippen LogP contribution in [0.25, 0.3) is 11.1 Å². The average Bonchev–Trinajstić information content (AvgIpc) is 2.29. The lowest BCUT2D eigenvalue weighted by Crippen LogP contribution is -1.96. The molecule has 0 spiro atoms. The first-order chi connectivity index (χ1) is 7.68. The molecule has 1 heterocycles. The molecular weight excluding hydrogens is 206 g/mol. The number of carboxylic acid groups (broad SMARTS) is 1. The zero-order valence-corrected chi connectivity index (χ0v) is 8.29. The van der Waals surface area contributed by atoms with Gasteiger partial charge in [-0.2, -0.15) is 0 Å². The van der Waals surface area contributed by atoms with Crippen LogP contribution >= 0.6 is 0 Å². The molecule has 0 aliphatic heterocycles. The predicted molar refractivity (Wildman–Crippen MR) is 58.3 cm³/mol. The molecule has 0 aliphatic rings. The number of aromatic carboxylic acids is 1. The smallest absolute Gasteiger partial charge is 0.339 e. The molecule has 4 heteroatoms. The summed E-state index contributed by atoms with van der Waals surface area (Å²) in [6.45, 7) is 0. The van der Waals surface area contributed by atoms with Gasteiger partial charge in [0, 0.05) is 18.0 Å². The molecule has 0 fully saturated rings. The maximum atomic E-state index is 10.7. The summed E-state index contributed by atoms with van der Waals surface area (Å²) in [6.07, 6.45) is 3.30. The summed E-state index contributed by atoms with van der Waals surface area (Å²) in [4.78, 5) is 14.6. The minimum Gasteiger partial charge on any atom is -0.507 e. The third kappa shape index (κ3) is 1.86. The topological polar surface area (TPSA) is 70.4 Å². The molecule has 1 aromatic carbocycles. The normalized spacial score (nSPS) is 10.0. The second-order valence-corrected chi connectivity index (χ2v) is 3.28. The lowest BCUT2D eigenvalue weighted by Gasteiger charge is -2.03. The first kappa shape index (κ1) is 10.2. The first-order valence-electron chi connectivity index (χ1n) is 4.65. The summed E-state index contributed by atoms with van der Waals surface area (Å²) < 4.78 is 0. The first-order valence-corrected chi connectivity index (χ1v) is 4.65. The fourth-order valence-electron chi connectivity index (χ4n) is 1.43. The van der Waals surface area contributed by atoms with Gasteiger partial charge in [-0.1, -0.05) is 12.1 Å². The molecule has 0 unspecified atom stereocenters. The van der Waals surface area contributed by atoms with Crippen LogP contribution in [-0.2, 0) is 0 Å². The summed E-state index contributed by atoms with van der Waals surface area (Å²) in [5.74, 6) is -1.39. The van der Waals surface area contributed by atoms with Gasteiger partial charge in [0.05, 0.1) is 0 Å². The molecule has 2 rings (SSSR count). The standard InChI is InChI=1S/C12H9NO3/c14-11-6-8(3-4-10(11)12(15)16)9-2-1-5-13-7-9/h1-7,14H,(H,15,16). The van der Waals surface area contributed by atoms with E-state index in [0.29, 0.717) is 0 Å². The highest BCUT2D eigenvalue weighted by Crippen LogP contribution is 2.25. The quantitative estimate of drug-likeness (QED) is 0.805. The van der Waals surface area contributed by atoms with Crippen LogP contribution in [0.5, 0.6) is 5.75 Å². The minimum absolute atomic E-state index is 0.104. The summed E-state index contributed by atoms with van der Waals surface area (Å²) in [6, 6.07) is 8.04. The number of aromatic hydroxyl groups is 1. The Morgan fingerprint density at radius 1 is 1.19 bits per heavy atom. The molecule has 0 aliphatic carbocycles. The van der Waals surface area contributed by atoms with Crippen LogP contribution in [0.3, 0.4) is 0 Å². The summed E-state index contributed by atoms with van der Waals surface area (Å²) in [7, 11) is 0. The molecule has 0 atom stereocenters. The Balaban J connectivity index is 2.46. The van der Waals surface area contributed by atoms with Gasteiger partial charge in [-0.3, -0.25) is 4.98 Å². The lowest BCUT2D eigenvalue weighted by atomic mass is 10.0. The highest BCUT2D eigenvalue weighted by atomic mass is 16.4. The Bertz CT molecular complexity index is 523. The third-order valence-corrected chi connectivity index (χ3v) is 2.22. The summed E-state index contributed by atoms with van der Waals surface area (Å²) in [5, 5.41) is 18.3. The van der Waals surface area contributed by atoms with Gasteiger partial charge in [0.25, 0.3) is 0 Å². The van der Waals surface area contributed by atoms with Crippen LogP contribution < -0.4 is 0 Å². The van der Waals surface area contributed by atoms with E-state index in [4.69, 9.17) is 5.11 Å². The Morgan fingerprint density at radius 2 is 2.00 bits per heavy atom. The van der Waals surface area contributed by atoms with Gasteiger partial charge in [-0.25, -0.2) is 4.79 Å². The molecule has 0 amide bonds. The van der Waals surface area contributed by atoms with Crippen LogP contribution in [0.1, 0.15) is 10.4 Å². The van der Waals surface area contributed by atoms with E-state index in [1.54, 1.807) is 24.5 Å². The number of carbonyl (C=O) groups is 1. The number of aromatic nitrogens is 1. The van der Waals surface area contributed by atoms with Crippen molar-refractivity contribution >= 4 is 5.97 Å². The van der Waals surface area contributed by atoms with E-state index >= 15 is 0 Å². The summed E-state index contributed by atoms with van der Waals surface area (Å²) in [5.41, 5.74) is 1.46.